The van der Waals surface area contributed by atoms with E-state index in [4.69, 9.17) is 0 Å². The average molecular weight is 472 g/mol. The Morgan fingerprint density at radius 2 is 0.750 bits per heavy atom. The molecular weight excluding hydrogens is 464 g/mol. The van der Waals surface area contributed by atoms with Gasteiger partial charge in [-0.15, -0.1) is 0 Å². The second-order valence-electron chi connectivity index (χ2n) is 0. The summed E-state index contributed by atoms with van der Waals surface area (Å²) in [6, 6.07) is 0. The minimum absolute atomic E-state index is 0. The van der Waals surface area contributed by atoms with Gasteiger partial charge in [-0.3, -0.25) is 0 Å². The van der Waals surface area contributed by atoms with Crippen molar-refractivity contribution in [1.29, 1.82) is 0 Å². The molecule has 0 saturated heterocycles. The summed E-state index contributed by atoms with van der Waals surface area (Å²) in [6.45, 7) is 0. The fourth-order valence-electron chi connectivity index (χ4n) is 0. The molecule has 4 heavy (non-hydrogen) atoms. The van der Waals surface area contributed by atoms with E-state index in [0.29, 0.717) is 0 Å². The van der Waals surface area contributed by atoms with Crippen molar-refractivity contribution < 1.29 is 62.0 Å². The molecule has 0 rings (SSSR count). The zero-order chi connectivity index (χ0) is 0. The number of rotatable bonds is 0. The Balaban J connectivity index is 0. The molecule has 0 atom stereocenters. The van der Waals surface area contributed by atoms with E-state index >= 15 is 0 Å². The minimum Gasteiger partial charge on any atom is -1.00 e. The van der Waals surface area contributed by atoms with Crippen molar-refractivity contribution in [3.63, 3.8) is 0 Å². The molecule has 0 aromatic heterocycles. The van der Waals surface area contributed by atoms with Gasteiger partial charge in [-0.25, -0.2) is 0 Å². The largest absolute Gasteiger partial charge is 1.00 e. The SMILES string of the molecule is [BiH3].[BiH3].[H-].[H-].[Na+].[Na+]. The van der Waals surface area contributed by atoms with Gasteiger partial charge < -0.3 is 2.85 Å². The molecule has 0 nitrogen and oxygen atoms in total. The Labute approximate surface area is 112 Å². The predicted octanol–water partition coefficient (Wildman–Crippen LogP) is -8.13. The predicted molar refractivity (Wildman–Crippen MR) is 22.1 cm³/mol. The van der Waals surface area contributed by atoms with Gasteiger partial charge in [0.05, 0.1) is 0 Å². The Morgan fingerprint density at radius 1 is 0.750 bits per heavy atom. The molecule has 0 unspecified atom stereocenters. The van der Waals surface area contributed by atoms with Gasteiger partial charge in [-0.05, 0) is 0 Å². The van der Waals surface area contributed by atoms with Crippen LogP contribution in [-0.2, 0) is 0 Å². The average Bonchev–Trinajstić information content (AvgIpc) is 0. The maximum absolute atomic E-state index is 0. The summed E-state index contributed by atoms with van der Waals surface area (Å²) in [5.74, 6) is 0. The van der Waals surface area contributed by atoms with Crippen LogP contribution in [0.5, 0.6) is 0 Å². The Bertz CT molecular complexity index is 9.51. The van der Waals surface area contributed by atoms with Gasteiger partial charge in [0, 0.05) is 0 Å². The van der Waals surface area contributed by atoms with Crippen LogP contribution >= 0.6 is 0 Å². The van der Waals surface area contributed by atoms with Gasteiger partial charge in [0.25, 0.3) is 0 Å². The summed E-state index contributed by atoms with van der Waals surface area (Å²) in [5.41, 5.74) is 0. The summed E-state index contributed by atoms with van der Waals surface area (Å²) in [7, 11) is 0. The van der Waals surface area contributed by atoms with E-state index in [0.717, 1.165) is 0 Å². The van der Waals surface area contributed by atoms with E-state index in [1.807, 2.05) is 0 Å². The van der Waals surface area contributed by atoms with Crippen LogP contribution < -0.4 is 59.1 Å². The first-order valence-corrected chi connectivity index (χ1v) is 0. The molecule has 0 aliphatic heterocycles. The van der Waals surface area contributed by atoms with Crippen LogP contribution in [0.25, 0.3) is 0 Å². The molecule has 0 spiro atoms. The summed E-state index contributed by atoms with van der Waals surface area (Å²) >= 11 is 0. The summed E-state index contributed by atoms with van der Waals surface area (Å²) in [5, 5.41) is 0. The van der Waals surface area contributed by atoms with Crippen molar-refractivity contribution in [2.45, 2.75) is 0 Å². The number of hydrogen-bond acceptors (Lipinski definition) is 0. The van der Waals surface area contributed by atoms with Gasteiger partial charge >= 0.3 is 112 Å². The third-order valence-corrected chi connectivity index (χ3v) is 0. The van der Waals surface area contributed by atoms with E-state index in [2.05, 4.69) is 0 Å². The molecule has 4 heteroatoms. The van der Waals surface area contributed by atoms with Crippen molar-refractivity contribution in [2.24, 2.45) is 0 Å². The molecule has 0 aromatic carbocycles. The van der Waals surface area contributed by atoms with Crippen LogP contribution in [-0.4, -0.2) is 52.4 Å². The zero-order valence-corrected chi connectivity index (χ0v) is 18.4. The molecule has 0 saturated carbocycles. The summed E-state index contributed by atoms with van der Waals surface area (Å²) in [4.78, 5) is 0. The minimum atomic E-state index is 0. The van der Waals surface area contributed by atoms with E-state index in [1.54, 1.807) is 0 Å². The molecule has 0 radical (unpaired) electrons. The van der Waals surface area contributed by atoms with E-state index in [1.165, 1.54) is 0 Å². The normalized spacial score (nSPS) is 0. The molecule has 0 N–H and O–H groups in total. The van der Waals surface area contributed by atoms with Gasteiger partial charge in [0.15, 0.2) is 0 Å². The third kappa shape index (κ3) is 9.23. The first-order chi connectivity index (χ1) is 0. The van der Waals surface area contributed by atoms with Gasteiger partial charge in [0.1, 0.15) is 0 Å². The quantitative estimate of drug-likeness (QED) is 0.308. The monoisotopic (exact) mass is 472 g/mol. The van der Waals surface area contributed by atoms with Crippen LogP contribution in [0.15, 0.2) is 0 Å². The Morgan fingerprint density at radius 3 is 0.750 bits per heavy atom. The Hall–Kier alpha value is 3.77. The first-order valence-electron chi connectivity index (χ1n) is 0. The molecule has 0 bridgehead atoms. The van der Waals surface area contributed by atoms with Crippen LogP contribution in [0.3, 0.4) is 0 Å². The fourth-order valence-corrected chi connectivity index (χ4v) is 0. The van der Waals surface area contributed by atoms with E-state index in [9.17, 15) is 0 Å². The molecular formula is H8Bi2Na2. The maximum atomic E-state index is 0. The van der Waals surface area contributed by atoms with Crippen LogP contribution in [0.4, 0.5) is 0 Å². The Kier molecular flexibility index (Phi) is 99.4. The van der Waals surface area contributed by atoms with Gasteiger partial charge in [-0.2, -0.15) is 0 Å². The van der Waals surface area contributed by atoms with Gasteiger partial charge in [-0.1, -0.05) is 0 Å². The fraction of sp³-hybridized carbons (Fsp3) is 0. The second-order valence-corrected chi connectivity index (χ2v) is 0. The molecule has 20 valence electrons. The zero-order valence-electron chi connectivity index (χ0n) is 5.41. The number of hydrogen-bond donors (Lipinski definition) is 0. The summed E-state index contributed by atoms with van der Waals surface area (Å²) < 4.78 is 0. The van der Waals surface area contributed by atoms with Crippen molar-refractivity contribution in [2.75, 3.05) is 0 Å². The van der Waals surface area contributed by atoms with Gasteiger partial charge in [0.2, 0.25) is 0 Å². The van der Waals surface area contributed by atoms with E-state index in [-0.39, 0.29) is 114 Å². The first kappa shape index (κ1) is 25.1. The van der Waals surface area contributed by atoms with Crippen LogP contribution in [0.2, 0.25) is 0 Å². The van der Waals surface area contributed by atoms with Crippen LogP contribution in [0.1, 0.15) is 2.85 Å². The topological polar surface area (TPSA) is 0 Å². The second kappa shape index (κ2) is 15.9. The van der Waals surface area contributed by atoms with Crippen molar-refractivity contribution in [3.8, 4) is 0 Å². The molecule has 0 heterocycles. The van der Waals surface area contributed by atoms with Crippen molar-refractivity contribution in [1.82, 2.24) is 0 Å². The van der Waals surface area contributed by atoms with E-state index < -0.39 is 0 Å². The molecule has 0 aromatic rings. The van der Waals surface area contributed by atoms with Crippen LogP contribution in [0, 0.1) is 0 Å². The van der Waals surface area contributed by atoms with Crippen molar-refractivity contribution in [3.05, 3.63) is 0 Å². The molecule has 0 aliphatic rings. The third-order valence-electron chi connectivity index (χ3n) is 0. The maximum Gasteiger partial charge on any atom is 1.00 e. The molecule has 0 fully saturated rings. The molecule has 0 amide bonds. The molecule has 0 aliphatic carbocycles. The standard InChI is InChI=1S/2Bi.2Na.8H/q;;2*+1;;;;;;;2*-1. The summed E-state index contributed by atoms with van der Waals surface area (Å²) in [6.07, 6.45) is 0. The smallest absolute Gasteiger partial charge is 1.00 e. The van der Waals surface area contributed by atoms with Crippen molar-refractivity contribution >= 4 is 52.4 Å².